The van der Waals surface area contributed by atoms with Crippen molar-refractivity contribution in [2.75, 3.05) is 5.32 Å². The van der Waals surface area contributed by atoms with Gasteiger partial charge in [0.25, 0.3) is 0 Å². The lowest BCUT2D eigenvalue weighted by Gasteiger charge is -2.05. The Morgan fingerprint density at radius 2 is 2.03 bits per heavy atom. The van der Waals surface area contributed by atoms with Crippen molar-refractivity contribution in [3.63, 3.8) is 0 Å². The zero-order chi connectivity index (χ0) is 20.7. The van der Waals surface area contributed by atoms with E-state index < -0.39 is 0 Å². The zero-order valence-electron chi connectivity index (χ0n) is 16.5. The van der Waals surface area contributed by atoms with Gasteiger partial charge in [-0.25, -0.2) is 9.67 Å². The van der Waals surface area contributed by atoms with Gasteiger partial charge in [-0.3, -0.25) is 9.48 Å². The molecule has 0 aliphatic heterocycles. The van der Waals surface area contributed by atoms with E-state index in [1.54, 1.807) is 15.4 Å². The summed E-state index contributed by atoms with van der Waals surface area (Å²) in [5, 5.41) is 13.6. The first-order chi connectivity index (χ1) is 14.6. The second kappa shape index (κ2) is 7.57. The highest BCUT2D eigenvalue weighted by Crippen LogP contribution is 2.43. The highest BCUT2D eigenvalue weighted by atomic mass is 35.5. The van der Waals surface area contributed by atoms with Gasteiger partial charge < -0.3 is 5.32 Å². The maximum absolute atomic E-state index is 12.6. The number of anilines is 1. The third-order valence-electron chi connectivity index (χ3n) is 5.35. The standard InChI is InChI=1S/C22H21ClN6O/c1-14-21-17(15-6-7-15)8-10-24-22(21)29(26-14)13-20(30)25-19-9-11-28(27-19)12-16-4-2-3-5-18(16)23/h2-5,8-11,15H,6-7,12-13H2,1H3,(H,25,27,30). The lowest BCUT2D eigenvalue weighted by molar-refractivity contribution is -0.116. The van der Waals surface area contributed by atoms with E-state index in [2.05, 4.69) is 26.6 Å². The van der Waals surface area contributed by atoms with Crippen molar-refractivity contribution in [2.45, 2.75) is 38.8 Å². The van der Waals surface area contributed by atoms with Crippen LogP contribution in [-0.2, 0) is 17.9 Å². The van der Waals surface area contributed by atoms with E-state index in [1.807, 2.05) is 43.6 Å². The molecular formula is C22H21ClN6O. The van der Waals surface area contributed by atoms with Crippen LogP contribution in [-0.4, -0.2) is 30.5 Å². The number of carbonyl (C=O) groups is 1. The maximum Gasteiger partial charge on any atom is 0.247 e. The Morgan fingerprint density at radius 3 is 2.83 bits per heavy atom. The number of nitrogens with zero attached hydrogens (tertiary/aromatic N) is 5. The van der Waals surface area contributed by atoms with Crippen molar-refractivity contribution in [3.05, 3.63) is 70.6 Å². The van der Waals surface area contributed by atoms with Crippen LogP contribution in [0.3, 0.4) is 0 Å². The number of rotatable bonds is 6. The fourth-order valence-electron chi connectivity index (χ4n) is 3.79. The average molecular weight is 421 g/mol. The highest BCUT2D eigenvalue weighted by Gasteiger charge is 2.27. The third kappa shape index (κ3) is 3.68. The Kier molecular flexibility index (Phi) is 4.75. The van der Waals surface area contributed by atoms with Crippen LogP contribution in [0.5, 0.6) is 0 Å². The van der Waals surface area contributed by atoms with Gasteiger partial charge in [0, 0.05) is 28.9 Å². The molecule has 0 spiro atoms. The first-order valence-corrected chi connectivity index (χ1v) is 10.3. The van der Waals surface area contributed by atoms with E-state index in [-0.39, 0.29) is 12.5 Å². The molecule has 0 atom stereocenters. The molecule has 4 aromatic rings. The van der Waals surface area contributed by atoms with Crippen LogP contribution in [0.25, 0.3) is 11.0 Å². The number of hydrogen-bond acceptors (Lipinski definition) is 4. The molecule has 3 aromatic heterocycles. The molecule has 1 N–H and O–H groups in total. The van der Waals surface area contributed by atoms with Crippen molar-refractivity contribution in [1.29, 1.82) is 0 Å². The number of pyridine rings is 1. The van der Waals surface area contributed by atoms with Gasteiger partial charge in [0.05, 0.1) is 12.2 Å². The van der Waals surface area contributed by atoms with Gasteiger partial charge in [0.1, 0.15) is 6.54 Å². The number of amides is 1. The van der Waals surface area contributed by atoms with Crippen LogP contribution in [0.2, 0.25) is 5.02 Å². The molecule has 8 heteroatoms. The summed E-state index contributed by atoms with van der Waals surface area (Å²) in [6, 6.07) is 11.5. The molecule has 3 heterocycles. The molecule has 1 amide bonds. The molecular weight excluding hydrogens is 400 g/mol. The molecule has 0 unspecified atom stereocenters. The quantitative estimate of drug-likeness (QED) is 0.508. The van der Waals surface area contributed by atoms with Gasteiger partial charge in [-0.05, 0) is 48.9 Å². The van der Waals surface area contributed by atoms with Crippen molar-refractivity contribution >= 4 is 34.4 Å². The largest absolute Gasteiger partial charge is 0.308 e. The summed E-state index contributed by atoms with van der Waals surface area (Å²) in [7, 11) is 0. The van der Waals surface area contributed by atoms with E-state index in [4.69, 9.17) is 11.6 Å². The van der Waals surface area contributed by atoms with Crippen LogP contribution in [0.1, 0.15) is 35.6 Å². The monoisotopic (exact) mass is 420 g/mol. The molecule has 1 saturated carbocycles. The molecule has 0 radical (unpaired) electrons. The lowest BCUT2D eigenvalue weighted by Crippen LogP contribution is -2.20. The Balaban J connectivity index is 1.30. The SMILES string of the molecule is Cc1nn(CC(=O)Nc2ccn(Cc3ccccc3Cl)n2)c2nccc(C3CC3)c12. The van der Waals surface area contributed by atoms with E-state index in [1.165, 1.54) is 18.4 Å². The Hall–Kier alpha value is -3.19. The number of aromatic nitrogens is 5. The summed E-state index contributed by atoms with van der Waals surface area (Å²) in [5.74, 6) is 0.899. The number of carbonyl (C=O) groups excluding carboxylic acids is 1. The number of nitrogens with one attached hydrogen (secondary N) is 1. The molecule has 1 aliphatic carbocycles. The van der Waals surface area contributed by atoms with Crippen molar-refractivity contribution < 1.29 is 4.79 Å². The first kappa shape index (κ1) is 18.8. The second-order valence-electron chi connectivity index (χ2n) is 7.65. The minimum absolute atomic E-state index is 0.0861. The number of hydrogen-bond donors (Lipinski definition) is 1. The van der Waals surface area contributed by atoms with E-state index in [0.717, 1.165) is 22.3 Å². The molecule has 0 saturated heterocycles. The van der Waals surface area contributed by atoms with Crippen molar-refractivity contribution in [3.8, 4) is 0 Å². The predicted molar refractivity (Wildman–Crippen MR) is 116 cm³/mol. The van der Waals surface area contributed by atoms with Crippen molar-refractivity contribution in [2.24, 2.45) is 0 Å². The molecule has 1 fully saturated rings. The van der Waals surface area contributed by atoms with E-state index in [0.29, 0.717) is 23.3 Å². The topological polar surface area (TPSA) is 77.6 Å². The van der Waals surface area contributed by atoms with E-state index >= 15 is 0 Å². The van der Waals surface area contributed by atoms with Gasteiger partial charge in [-0.1, -0.05) is 29.8 Å². The molecule has 7 nitrogen and oxygen atoms in total. The van der Waals surface area contributed by atoms with Crippen LogP contribution >= 0.6 is 11.6 Å². The fourth-order valence-corrected chi connectivity index (χ4v) is 3.99. The predicted octanol–water partition coefficient (Wildman–Crippen LogP) is 4.15. The van der Waals surface area contributed by atoms with E-state index in [9.17, 15) is 4.79 Å². The molecule has 0 bridgehead atoms. The highest BCUT2D eigenvalue weighted by molar-refractivity contribution is 6.31. The van der Waals surface area contributed by atoms with Gasteiger partial charge in [0.2, 0.25) is 5.91 Å². The number of benzene rings is 1. The Labute approximate surface area is 178 Å². The van der Waals surface area contributed by atoms with Gasteiger partial charge in [-0.2, -0.15) is 10.2 Å². The smallest absolute Gasteiger partial charge is 0.247 e. The number of aryl methyl sites for hydroxylation is 1. The van der Waals surface area contributed by atoms with Gasteiger partial charge >= 0.3 is 0 Å². The van der Waals surface area contributed by atoms with Crippen molar-refractivity contribution in [1.82, 2.24) is 24.5 Å². The second-order valence-corrected chi connectivity index (χ2v) is 8.06. The van der Waals surface area contributed by atoms with Crippen LogP contribution < -0.4 is 5.32 Å². The summed E-state index contributed by atoms with van der Waals surface area (Å²) in [6.45, 7) is 2.59. The first-order valence-electron chi connectivity index (χ1n) is 9.97. The number of halogens is 1. The molecule has 1 aromatic carbocycles. The van der Waals surface area contributed by atoms with Gasteiger partial charge in [0.15, 0.2) is 11.5 Å². The number of fused-ring (bicyclic) bond motifs is 1. The fraction of sp³-hybridized carbons (Fsp3) is 0.273. The zero-order valence-corrected chi connectivity index (χ0v) is 17.3. The van der Waals surface area contributed by atoms with Crippen LogP contribution in [0.4, 0.5) is 5.82 Å². The minimum Gasteiger partial charge on any atom is -0.308 e. The normalized spacial score (nSPS) is 13.7. The summed E-state index contributed by atoms with van der Waals surface area (Å²) in [5.41, 5.74) is 3.94. The average Bonchev–Trinajstić information content (AvgIpc) is 3.41. The lowest BCUT2D eigenvalue weighted by atomic mass is 10.1. The maximum atomic E-state index is 12.6. The summed E-state index contributed by atoms with van der Waals surface area (Å²) >= 11 is 6.21. The molecule has 1 aliphatic rings. The molecule has 5 rings (SSSR count). The summed E-state index contributed by atoms with van der Waals surface area (Å²) < 4.78 is 3.42. The third-order valence-corrected chi connectivity index (χ3v) is 5.72. The van der Waals surface area contributed by atoms with Crippen LogP contribution in [0, 0.1) is 6.92 Å². The van der Waals surface area contributed by atoms with Gasteiger partial charge in [-0.15, -0.1) is 0 Å². The summed E-state index contributed by atoms with van der Waals surface area (Å²) in [4.78, 5) is 17.1. The Bertz CT molecular complexity index is 1240. The molecule has 30 heavy (non-hydrogen) atoms. The Morgan fingerprint density at radius 1 is 1.20 bits per heavy atom. The minimum atomic E-state index is -0.194. The van der Waals surface area contributed by atoms with Crippen LogP contribution in [0.15, 0.2) is 48.8 Å². The summed E-state index contributed by atoms with van der Waals surface area (Å²) in [6.07, 6.45) is 6.04. The molecule has 152 valence electrons.